The highest BCUT2D eigenvalue weighted by atomic mass is 16.5. The van der Waals surface area contributed by atoms with Gasteiger partial charge < -0.3 is 19.7 Å². The summed E-state index contributed by atoms with van der Waals surface area (Å²) in [4.78, 5) is 14.2. The number of carbonyl (C=O) groups excluding carboxylic acids is 1. The molecule has 1 N–H and O–H groups in total. The molecule has 1 rings (SSSR count). The average Bonchev–Trinajstić information content (AvgIpc) is 2.39. The van der Waals surface area contributed by atoms with Crippen molar-refractivity contribution in [2.24, 2.45) is 0 Å². The van der Waals surface area contributed by atoms with Crippen molar-refractivity contribution in [1.82, 2.24) is 10.2 Å². The first-order chi connectivity index (χ1) is 9.58. The van der Waals surface area contributed by atoms with E-state index in [4.69, 9.17) is 9.47 Å². The predicted molar refractivity (Wildman–Crippen MR) is 79.7 cm³/mol. The maximum atomic E-state index is 12.1. The fourth-order valence-corrected chi connectivity index (χ4v) is 1.71. The summed E-state index contributed by atoms with van der Waals surface area (Å²) in [7, 11) is 3.93. The van der Waals surface area contributed by atoms with E-state index in [2.05, 4.69) is 5.32 Å². The van der Waals surface area contributed by atoms with Crippen LogP contribution < -0.4 is 14.8 Å². The highest BCUT2D eigenvalue weighted by Gasteiger charge is 2.13. The third-order valence-electron chi connectivity index (χ3n) is 2.65. The van der Waals surface area contributed by atoms with Gasteiger partial charge in [0.25, 0.3) is 5.91 Å². The van der Waals surface area contributed by atoms with Crippen LogP contribution in [0.25, 0.3) is 0 Å². The normalized spacial score (nSPS) is 10.4. The van der Waals surface area contributed by atoms with Gasteiger partial charge in [0, 0.05) is 19.2 Å². The van der Waals surface area contributed by atoms with Gasteiger partial charge in [0.05, 0.1) is 18.8 Å². The number of amides is 1. The molecule has 112 valence electrons. The van der Waals surface area contributed by atoms with Crippen molar-refractivity contribution in [3.8, 4) is 11.5 Å². The van der Waals surface area contributed by atoms with Crippen molar-refractivity contribution in [1.29, 1.82) is 0 Å². The minimum atomic E-state index is -0.127. The van der Waals surface area contributed by atoms with Crippen molar-refractivity contribution < 1.29 is 14.3 Å². The van der Waals surface area contributed by atoms with Gasteiger partial charge in [-0.3, -0.25) is 4.79 Å². The van der Waals surface area contributed by atoms with E-state index in [0.29, 0.717) is 36.8 Å². The second kappa shape index (κ2) is 8.43. The monoisotopic (exact) mass is 280 g/mol. The van der Waals surface area contributed by atoms with Crippen molar-refractivity contribution in [2.75, 3.05) is 40.4 Å². The lowest BCUT2D eigenvalue weighted by molar-refractivity contribution is 0.0947. The number of carbonyl (C=O) groups is 1. The van der Waals surface area contributed by atoms with Crippen LogP contribution in [-0.2, 0) is 0 Å². The second-order valence-corrected chi connectivity index (χ2v) is 4.58. The minimum absolute atomic E-state index is 0.127. The average molecular weight is 280 g/mol. The molecule has 5 nitrogen and oxygen atoms in total. The van der Waals surface area contributed by atoms with E-state index in [0.717, 1.165) is 6.54 Å². The highest BCUT2D eigenvalue weighted by molar-refractivity contribution is 5.97. The molecule has 0 aromatic heterocycles. The summed E-state index contributed by atoms with van der Waals surface area (Å²) in [5, 5.41) is 2.88. The van der Waals surface area contributed by atoms with Crippen LogP contribution in [0.15, 0.2) is 18.2 Å². The van der Waals surface area contributed by atoms with Crippen molar-refractivity contribution >= 4 is 5.91 Å². The fourth-order valence-electron chi connectivity index (χ4n) is 1.71. The largest absolute Gasteiger partial charge is 0.494 e. The quantitative estimate of drug-likeness (QED) is 0.788. The molecule has 0 aliphatic carbocycles. The van der Waals surface area contributed by atoms with Gasteiger partial charge in [-0.05, 0) is 40.1 Å². The Morgan fingerprint density at radius 2 is 1.90 bits per heavy atom. The topological polar surface area (TPSA) is 50.8 Å². The third kappa shape index (κ3) is 5.09. The van der Waals surface area contributed by atoms with Gasteiger partial charge in [-0.2, -0.15) is 0 Å². The van der Waals surface area contributed by atoms with E-state index < -0.39 is 0 Å². The van der Waals surface area contributed by atoms with Gasteiger partial charge >= 0.3 is 0 Å². The molecule has 0 unspecified atom stereocenters. The van der Waals surface area contributed by atoms with Crippen LogP contribution in [0.2, 0.25) is 0 Å². The smallest absolute Gasteiger partial charge is 0.255 e. The van der Waals surface area contributed by atoms with Crippen LogP contribution in [-0.4, -0.2) is 51.2 Å². The first-order valence-corrected chi connectivity index (χ1v) is 6.91. The summed E-state index contributed by atoms with van der Waals surface area (Å²) in [6.45, 7) is 6.30. The van der Waals surface area contributed by atoms with Crippen LogP contribution in [0.5, 0.6) is 11.5 Å². The van der Waals surface area contributed by atoms with Gasteiger partial charge in [-0.1, -0.05) is 0 Å². The lowest BCUT2D eigenvalue weighted by Crippen LogP contribution is -2.31. The Hall–Kier alpha value is -1.75. The number of benzene rings is 1. The van der Waals surface area contributed by atoms with Crippen molar-refractivity contribution in [2.45, 2.75) is 13.8 Å². The van der Waals surface area contributed by atoms with E-state index in [1.54, 1.807) is 18.2 Å². The number of nitrogens with one attached hydrogen (secondary N) is 1. The maximum Gasteiger partial charge on any atom is 0.255 e. The molecule has 0 saturated carbocycles. The van der Waals surface area contributed by atoms with Gasteiger partial charge in [0.15, 0.2) is 0 Å². The molecule has 0 spiro atoms. The van der Waals surface area contributed by atoms with E-state index >= 15 is 0 Å². The molecule has 0 aliphatic rings. The van der Waals surface area contributed by atoms with Gasteiger partial charge in [-0.15, -0.1) is 0 Å². The minimum Gasteiger partial charge on any atom is -0.494 e. The molecule has 0 atom stereocenters. The van der Waals surface area contributed by atoms with Crippen LogP contribution >= 0.6 is 0 Å². The Morgan fingerprint density at radius 3 is 2.50 bits per heavy atom. The maximum absolute atomic E-state index is 12.1. The molecule has 0 radical (unpaired) electrons. The van der Waals surface area contributed by atoms with Crippen LogP contribution in [0.3, 0.4) is 0 Å². The molecule has 5 heteroatoms. The summed E-state index contributed by atoms with van der Waals surface area (Å²) >= 11 is 0. The lowest BCUT2D eigenvalue weighted by Gasteiger charge is -2.14. The zero-order valence-corrected chi connectivity index (χ0v) is 12.7. The Bertz CT molecular complexity index is 433. The molecule has 20 heavy (non-hydrogen) atoms. The molecule has 1 amide bonds. The standard InChI is InChI=1S/C15H24N2O3/c1-5-19-12-7-8-13(14(11-12)20-6-2)15(18)16-9-10-17(3)4/h7-8,11H,5-6,9-10H2,1-4H3,(H,16,18). The Labute approximate surface area is 120 Å². The first-order valence-electron chi connectivity index (χ1n) is 6.91. The van der Waals surface area contributed by atoms with E-state index in [1.807, 2.05) is 32.8 Å². The molecule has 0 fully saturated rings. The van der Waals surface area contributed by atoms with Crippen LogP contribution in [0.4, 0.5) is 0 Å². The molecule has 0 bridgehead atoms. The Balaban J connectivity index is 2.78. The van der Waals surface area contributed by atoms with E-state index in [-0.39, 0.29) is 5.91 Å². The third-order valence-corrected chi connectivity index (χ3v) is 2.65. The van der Waals surface area contributed by atoms with Gasteiger partial charge in [0.1, 0.15) is 11.5 Å². The van der Waals surface area contributed by atoms with Crippen LogP contribution in [0.1, 0.15) is 24.2 Å². The predicted octanol–water partition coefficient (Wildman–Crippen LogP) is 1.78. The van der Waals surface area contributed by atoms with Crippen molar-refractivity contribution in [3.63, 3.8) is 0 Å². The molecule has 1 aromatic rings. The summed E-state index contributed by atoms with van der Waals surface area (Å²) < 4.78 is 10.9. The molecule has 0 aliphatic heterocycles. The fraction of sp³-hybridized carbons (Fsp3) is 0.533. The SMILES string of the molecule is CCOc1ccc(C(=O)NCCN(C)C)c(OCC)c1. The second-order valence-electron chi connectivity index (χ2n) is 4.58. The Kier molecular flexibility index (Phi) is 6.87. The Morgan fingerprint density at radius 1 is 1.20 bits per heavy atom. The molecule has 0 saturated heterocycles. The van der Waals surface area contributed by atoms with Crippen molar-refractivity contribution in [3.05, 3.63) is 23.8 Å². The first kappa shape index (κ1) is 16.3. The summed E-state index contributed by atoms with van der Waals surface area (Å²) in [6.07, 6.45) is 0. The number of hydrogen-bond acceptors (Lipinski definition) is 4. The zero-order valence-electron chi connectivity index (χ0n) is 12.7. The number of hydrogen-bond donors (Lipinski definition) is 1. The summed E-state index contributed by atoms with van der Waals surface area (Å²) in [5.74, 6) is 1.14. The zero-order chi connectivity index (χ0) is 15.0. The van der Waals surface area contributed by atoms with E-state index in [1.165, 1.54) is 0 Å². The summed E-state index contributed by atoms with van der Waals surface area (Å²) in [5.41, 5.74) is 0.536. The number of nitrogens with zero attached hydrogens (tertiary/aromatic N) is 1. The number of ether oxygens (including phenoxy) is 2. The number of rotatable bonds is 8. The van der Waals surface area contributed by atoms with Gasteiger partial charge in [-0.25, -0.2) is 0 Å². The molecular formula is C15H24N2O3. The van der Waals surface area contributed by atoms with Gasteiger partial charge in [0.2, 0.25) is 0 Å². The molecule has 1 aromatic carbocycles. The lowest BCUT2D eigenvalue weighted by atomic mass is 10.1. The van der Waals surface area contributed by atoms with Crippen LogP contribution in [0, 0.1) is 0 Å². The molecular weight excluding hydrogens is 256 g/mol. The highest BCUT2D eigenvalue weighted by Crippen LogP contribution is 2.25. The molecule has 0 heterocycles. The van der Waals surface area contributed by atoms with E-state index in [9.17, 15) is 4.79 Å². The summed E-state index contributed by atoms with van der Waals surface area (Å²) in [6, 6.07) is 5.28. The number of likely N-dealkylation sites (N-methyl/N-ethyl adjacent to an activating group) is 1.